The molecule has 7 heteroatoms. The summed E-state index contributed by atoms with van der Waals surface area (Å²) in [4.78, 5) is 15.2. The van der Waals surface area contributed by atoms with Crippen molar-refractivity contribution in [1.29, 1.82) is 0 Å². The Morgan fingerprint density at radius 1 is 1.48 bits per heavy atom. The van der Waals surface area contributed by atoms with E-state index < -0.39 is 16.8 Å². The molecule has 1 aliphatic rings. The summed E-state index contributed by atoms with van der Waals surface area (Å²) >= 11 is 1.26. The molecule has 0 saturated carbocycles. The Balaban J connectivity index is 2.31. The minimum Gasteiger partial charge on any atom is -0.481 e. The van der Waals surface area contributed by atoms with Gasteiger partial charge in [-0.15, -0.1) is 0 Å². The van der Waals surface area contributed by atoms with E-state index in [-0.39, 0.29) is 17.2 Å². The maximum absolute atomic E-state index is 11.6. The Labute approximate surface area is 132 Å². The minimum absolute atomic E-state index is 0.0131. The molecule has 0 atom stereocenters. The predicted octanol–water partition coefficient (Wildman–Crippen LogP) is 2.44. The highest BCUT2D eigenvalue weighted by molar-refractivity contribution is 7.99. The van der Waals surface area contributed by atoms with Gasteiger partial charge >= 0.3 is 5.97 Å². The van der Waals surface area contributed by atoms with Gasteiger partial charge < -0.3 is 9.67 Å². The molecule has 5 nitrogen and oxygen atoms in total. The van der Waals surface area contributed by atoms with Gasteiger partial charge in [0.05, 0.1) is 5.75 Å². The summed E-state index contributed by atoms with van der Waals surface area (Å²) in [7, 11) is -0.703. The minimum atomic E-state index is -0.836. The molecule has 21 heavy (non-hydrogen) atoms. The normalized spacial score (nSPS) is 23.2. The molecule has 1 N–H and O–H groups in total. The fourth-order valence-corrected chi connectivity index (χ4v) is 4.56. The standard InChI is InChI=1S/C14H22N2O3S2/c1-14(2,3)11-8-15-13(20-9-12(17)18)16(11)10-4-6-21(19)7-5-10/h8,10H,4-7,9H2,1-3H3,(H,17,18). The Morgan fingerprint density at radius 2 is 2.10 bits per heavy atom. The molecular formula is C14H22N2O3S2. The van der Waals surface area contributed by atoms with Crippen LogP contribution in [0.2, 0.25) is 0 Å². The number of thioether (sulfide) groups is 1. The molecule has 0 radical (unpaired) electrons. The fourth-order valence-electron chi connectivity index (χ4n) is 2.52. The van der Waals surface area contributed by atoms with Crippen LogP contribution >= 0.6 is 11.8 Å². The van der Waals surface area contributed by atoms with Crippen LogP contribution in [0, 0.1) is 0 Å². The third kappa shape index (κ3) is 4.10. The third-order valence-corrected chi connectivity index (χ3v) is 5.91. The molecule has 0 unspecified atom stereocenters. The molecule has 1 aromatic rings. The van der Waals surface area contributed by atoms with Crippen LogP contribution in [0.5, 0.6) is 0 Å². The molecule has 0 aliphatic carbocycles. The number of aliphatic carboxylic acids is 1. The third-order valence-electron chi connectivity index (χ3n) is 3.58. The zero-order valence-electron chi connectivity index (χ0n) is 12.7. The quantitative estimate of drug-likeness (QED) is 0.859. The first-order valence-electron chi connectivity index (χ1n) is 7.06. The number of carboxylic acids is 1. The number of hydrogen-bond acceptors (Lipinski definition) is 4. The summed E-state index contributed by atoms with van der Waals surface area (Å²) in [6.07, 6.45) is 3.59. The molecule has 0 amide bonds. The Bertz CT molecular complexity index is 539. The van der Waals surface area contributed by atoms with Gasteiger partial charge in [0.1, 0.15) is 0 Å². The van der Waals surface area contributed by atoms with Crippen molar-refractivity contribution >= 4 is 28.5 Å². The second-order valence-corrected chi connectivity index (χ2v) is 8.95. The van der Waals surface area contributed by atoms with Gasteiger partial charge in [0.15, 0.2) is 5.16 Å². The average molecular weight is 330 g/mol. The summed E-state index contributed by atoms with van der Waals surface area (Å²) < 4.78 is 13.7. The van der Waals surface area contributed by atoms with Gasteiger partial charge in [0, 0.05) is 45.7 Å². The summed E-state index contributed by atoms with van der Waals surface area (Å²) in [5.41, 5.74) is 1.07. The molecule has 2 heterocycles. The van der Waals surface area contributed by atoms with Gasteiger partial charge in [-0.2, -0.15) is 0 Å². The Morgan fingerprint density at radius 3 is 2.62 bits per heavy atom. The topological polar surface area (TPSA) is 72.2 Å². The summed E-state index contributed by atoms with van der Waals surface area (Å²) in [6, 6.07) is 0.274. The lowest BCUT2D eigenvalue weighted by molar-refractivity contribution is -0.133. The van der Waals surface area contributed by atoms with Crippen molar-refractivity contribution in [3.63, 3.8) is 0 Å². The highest BCUT2D eigenvalue weighted by Crippen LogP contribution is 2.34. The Kier molecular flexibility index (Phi) is 5.14. The van der Waals surface area contributed by atoms with Crippen molar-refractivity contribution in [2.24, 2.45) is 0 Å². The summed E-state index contributed by atoms with van der Waals surface area (Å²) in [5, 5.41) is 9.64. The van der Waals surface area contributed by atoms with Crippen LogP contribution in [-0.2, 0) is 21.0 Å². The number of rotatable bonds is 4. The van der Waals surface area contributed by atoms with E-state index >= 15 is 0 Å². The molecule has 0 aromatic carbocycles. The van der Waals surface area contributed by atoms with E-state index in [1.54, 1.807) is 0 Å². The number of aromatic nitrogens is 2. The molecular weight excluding hydrogens is 308 g/mol. The van der Waals surface area contributed by atoms with Crippen molar-refractivity contribution in [3.8, 4) is 0 Å². The molecule has 0 bridgehead atoms. The first-order chi connectivity index (χ1) is 9.79. The number of carboxylic acid groups (broad SMARTS) is 1. The summed E-state index contributed by atoms with van der Waals surface area (Å²) in [5.74, 6) is 0.612. The lowest BCUT2D eigenvalue weighted by Crippen LogP contribution is -2.27. The smallest absolute Gasteiger partial charge is 0.313 e. The van der Waals surface area contributed by atoms with Crippen LogP contribution in [0.1, 0.15) is 45.3 Å². The maximum Gasteiger partial charge on any atom is 0.313 e. The van der Waals surface area contributed by atoms with Crippen LogP contribution in [-0.4, -0.2) is 42.1 Å². The zero-order chi connectivity index (χ0) is 15.6. The lowest BCUT2D eigenvalue weighted by Gasteiger charge is -2.30. The molecule has 1 saturated heterocycles. The van der Waals surface area contributed by atoms with Gasteiger partial charge in [0.2, 0.25) is 0 Å². The first kappa shape index (κ1) is 16.5. The van der Waals surface area contributed by atoms with E-state index in [1.807, 2.05) is 6.20 Å². The van der Waals surface area contributed by atoms with Gasteiger partial charge in [-0.1, -0.05) is 32.5 Å². The number of nitrogens with zero attached hydrogens (tertiary/aromatic N) is 2. The van der Waals surface area contributed by atoms with Crippen molar-refractivity contribution < 1.29 is 14.1 Å². The van der Waals surface area contributed by atoms with E-state index in [9.17, 15) is 9.00 Å². The van der Waals surface area contributed by atoms with Crippen molar-refractivity contribution in [3.05, 3.63) is 11.9 Å². The maximum atomic E-state index is 11.6. The van der Waals surface area contributed by atoms with Crippen LogP contribution < -0.4 is 0 Å². The predicted molar refractivity (Wildman–Crippen MR) is 85.4 cm³/mol. The van der Waals surface area contributed by atoms with Gasteiger partial charge in [0.25, 0.3) is 0 Å². The molecule has 2 rings (SSSR count). The van der Waals surface area contributed by atoms with E-state index in [1.165, 1.54) is 11.8 Å². The molecule has 1 aliphatic heterocycles. The van der Waals surface area contributed by atoms with E-state index in [4.69, 9.17) is 5.11 Å². The first-order valence-corrected chi connectivity index (χ1v) is 9.53. The summed E-state index contributed by atoms with van der Waals surface area (Å²) in [6.45, 7) is 6.40. The lowest BCUT2D eigenvalue weighted by atomic mass is 9.92. The molecule has 0 spiro atoms. The highest BCUT2D eigenvalue weighted by Gasteiger charge is 2.28. The van der Waals surface area contributed by atoms with Crippen LogP contribution in [0.25, 0.3) is 0 Å². The monoisotopic (exact) mass is 330 g/mol. The van der Waals surface area contributed by atoms with Gasteiger partial charge in [-0.25, -0.2) is 4.98 Å². The van der Waals surface area contributed by atoms with E-state index in [0.717, 1.165) is 35.2 Å². The molecule has 1 fully saturated rings. The number of carbonyl (C=O) groups is 1. The van der Waals surface area contributed by atoms with Gasteiger partial charge in [-0.05, 0) is 12.8 Å². The second kappa shape index (κ2) is 6.52. The second-order valence-electron chi connectivity index (χ2n) is 6.31. The van der Waals surface area contributed by atoms with Crippen LogP contribution in [0.4, 0.5) is 0 Å². The van der Waals surface area contributed by atoms with Crippen LogP contribution in [0.15, 0.2) is 11.4 Å². The van der Waals surface area contributed by atoms with Crippen molar-refractivity contribution in [2.75, 3.05) is 17.3 Å². The van der Waals surface area contributed by atoms with Crippen LogP contribution in [0.3, 0.4) is 0 Å². The van der Waals surface area contributed by atoms with Gasteiger partial charge in [-0.3, -0.25) is 9.00 Å². The molecule has 1 aromatic heterocycles. The highest BCUT2D eigenvalue weighted by atomic mass is 32.2. The van der Waals surface area contributed by atoms with Crippen molar-refractivity contribution in [2.45, 2.75) is 50.2 Å². The SMILES string of the molecule is CC(C)(C)c1cnc(SCC(=O)O)n1C1CCS(=O)CC1. The van der Waals surface area contributed by atoms with Crippen molar-refractivity contribution in [1.82, 2.24) is 9.55 Å². The fraction of sp³-hybridized carbons (Fsp3) is 0.714. The average Bonchev–Trinajstić information content (AvgIpc) is 2.81. The zero-order valence-corrected chi connectivity index (χ0v) is 14.3. The number of imidazole rings is 1. The largest absolute Gasteiger partial charge is 0.481 e. The van der Waals surface area contributed by atoms with E-state index in [2.05, 4.69) is 30.3 Å². The number of hydrogen-bond donors (Lipinski definition) is 1. The molecule has 118 valence electrons. The Hall–Kier alpha value is -0.820. The van der Waals surface area contributed by atoms with E-state index in [0.29, 0.717) is 0 Å².